The number of nitro groups is 2. The monoisotopic (exact) mass is 360 g/mol. The third-order valence-corrected chi connectivity index (χ3v) is 3.95. The number of carbonyl (C=O) groups excluding carboxylic acids is 1. The predicted octanol–water partition coefficient (Wildman–Crippen LogP) is 3.47. The van der Waals surface area contributed by atoms with Gasteiger partial charge in [-0.3, -0.25) is 30.3 Å². The largest absolute Gasteiger partial charge is 0.451 e. The minimum Gasteiger partial charge on any atom is -0.451 e. The van der Waals surface area contributed by atoms with Gasteiger partial charge in [-0.05, 0) is 35.6 Å². The van der Waals surface area contributed by atoms with Crippen LogP contribution in [0.5, 0.6) is 0 Å². The van der Waals surface area contributed by atoms with Crippen LogP contribution < -0.4 is 5.32 Å². The van der Waals surface area contributed by atoms with E-state index in [4.69, 9.17) is 4.42 Å². The third kappa shape index (κ3) is 3.50. The standard InChI is InChI=1S/C14H8N4O6S/c19-13(16-14-15-7-12(25-14)18(22)23)11-6-5-10(24-11)8-1-3-9(4-2-8)17(20)21/h1-7H,(H,15,16,19). The molecule has 2 aromatic heterocycles. The lowest BCUT2D eigenvalue weighted by Gasteiger charge is -1.98. The zero-order chi connectivity index (χ0) is 18.0. The number of benzene rings is 1. The number of thiazole rings is 1. The van der Waals surface area contributed by atoms with Gasteiger partial charge in [0, 0.05) is 17.7 Å². The van der Waals surface area contributed by atoms with Crippen molar-refractivity contribution in [3.05, 3.63) is 68.6 Å². The van der Waals surface area contributed by atoms with Crippen LogP contribution >= 0.6 is 11.3 Å². The molecule has 126 valence electrons. The average Bonchev–Trinajstić information content (AvgIpc) is 3.24. The van der Waals surface area contributed by atoms with E-state index in [1.54, 1.807) is 6.07 Å². The molecule has 1 aromatic carbocycles. The van der Waals surface area contributed by atoms with Gasteiger partial charge in [-0.2, -0.15) is 0 Å². The summed E-state index contributed by atoms with van der Waals surface area (Å²) in [5.74, 6) is -0.284. The molecule has 0 radical (unpaired) electrons. The van der Waals surface area contributed by atoms with Gasteiger partial charge in [-0.25, -0.2) is 4.98 Å². The highest BCUT2D eigenvalue weighted by atomic mass is 32.1. The molecule has 0 saturated carbocycles. The highest BCUT2D eigenvalue weighted by molar-refractivity contribution is 7.18. The molecule has 2 heterocycles. The average molecular weight is 360 g/mol. The van der Waals surface area contributed by atoms with Gasteiger partial charge in [0.15, 0.2) is 10.9 Å². The number of anilines is 1. The smallest absolute Gasteiger partial charge is 0.345 e. The quantitative estimate of drug-likeness (QED) is 0.542. The van der Waals surface area contributed by atoms with Gasteiger partial charge in [-0.1, -0.05) is 0 Å². The molecule has 0 saturated heterocycles. The molecule has 0 spiro atoms. The highest BCUT2D eigenvalue weighted by Crippen LogP contribution is 2.27. The van der Waals surface area contributed by atoms with E-state index >= 15 is 0 Å². The summed E-state index contributed by atoms with van der Waals surface area (Å²) in [5, 5.41) is 23.5. The van der Waals surface area contributed by atoms with Gasteiger partial charge in [0.05, 0.1) is 9.85 Å². The van der Waals surface area contributed by atoms with Gasteiger partial charge in [0.1, 0.15) is 12.0 Å². The number of furan rings is 1. The number of nitro benzene ring substituents is 1. The molecule has 0 bridgehead atoms. The maximum Gasteiger partial charge on any atom is 0.345 e. The lowest BCUT2D eigenvalue weighted by atomic mass is 10.1. The number of hydrogen-bond donors (Lipinski definition) is 1. The first kappa shape index (κ1) is 16.3. The molecule has 0 unspecified atom stereocenters. The Morgan fingerprint density at radius 2 is 1.80 bits per heavy atom. The molecule has 0 aliphatic heterocycles. The molecule has 3 rings (SSSR count). The van der Waals surface area contributed by atoms with E-state index in [0.717, 1.165) is 17.5 Å². The maximum atomic E-state index is 12.1. The van der Waals surface area contributed by atoms with Gasteiger partial charge in [0.2, 0.25) is 0 Å². The first-order valence-corrected chi connectivity index (χ1v) is 7.52. The summed E-state index contributed by atoms with van der Waals surface area (Å²) < 4.78 is 5.42. The Kier molecular flexibility index (Phi) is 4.22. The summed E-state index contributed by atoms with van der Waals surface area (Å²) in [6, 6.07) is 8.62. The minimum absolute atomic E-state index is 0.0220. The van der Waals surface area contributed by atoms with Crippen LogP contribution in [0.1, 0.15) is 10.6 Å². The van der Waals surface area contributed by atoms with Crippen LogP contribution in [0, 0.1) is 20.2 Å². The van der Waals surface area contributed by atoms with Crippen LogP contribution in [0.4, 0.5) is 15.8 Å². The molecule has 11 heteroatoms. The lowest BCUT2D eigenvalue weighted by Crippen LogP contribution is -2.10. The number of amides is 1. The zero-order valence-corrected chi connectivity index (χ0v) is 13.1. The lowest BCUT2D eigenvalue weighted by molar-refractivity contribution is -0.384. The number of carbonyl (C=O) groups is 1. The number of hydrogen-bond acceptors (Lipinski definition) is 8. The molecular formula is C14H8N4O6S. The van der Waals surface area contributed by atoms with Crippen LogP contribution in [0.2, 0.25) is 0 Å². The van der Waals surface area contributed by atoms with Gasteiger partial charge in [-0.15, -0.1) is 0 Å². The molecule has 0 aliphatic carbocycles. The topological polar surface area (TPSA) is 141 Å². The Bertz CT molecular complexity index is 962. The number of aromatic nitrogens is 1. The van der Waals surface area contributed by atoms with Crippen molar-refractivity contribution < 1.29 is 19.1 Å². The van der Waals surface area contributed by atoms with Crippen LogP contribution in [0.15, 0.2) is 47.0 Å². The van der Waals surface area contributed by atoms with Crippen molar-refractivity contribution in [2.75, 3.05) is 5.32 Å². The first-order chi connectivity index (χ1) is 11.9. The minimum atomic E-state index is -0.614. The molecule has 1 amide bonds. The third-order valence-electron chi connectivity index (χ3n) is 3.09. The van der Waals surface area contributed by atoms with Crippen molar-refractivity contribution in [3.63, 3.8) is 0 Å². The predicted molar refractivity (Wildman–Crippen MR) is 87.5 cm³/mol. The van der Waals surface area contributed by atoms with Crippen molar-refractivity contribution in [3.8, 4) is 11.3 Å². The van der Waals surface area contributed by atoms with Crippen LogP contribution in [-0.2, 0) is 0 Å². The summed E-state index contributed by atoms with van der Waals surface area (Å²) in [5.41, 5.74) is 0.508. The van der Waals surface area contributed by atoms with E-state index < -0.39 is 15.8 Å². The van der Waals surface area contributed by atoms with Crippen molar-refractivity contribution in [2.24, 2.45) is 0 Å². The highest BCUT2D eigenvalue weighted by Gasteiger charge is 2.17. The summed E-state index contributed by atoms with van der Waals surface area (Å²) in [4.78, 5) is 35.9. The maximum absolute atomic E-state index is 12.1. The summed E-state index contributed by atoms with van der Waals surface area (Å²) in [7, 11) is 0. The first-order valence-electron chi connectivity index (χ1n) is 6.70. The fourth-order valence-corrected chi connectivity index (χ4v) is 2.56. The Balaban J connectivity index is 1.74. The van der Waals surface area contributed by atoms with Gasteiger partial charge >= 0.3 is 5.00 Å². The van der Waals surface area contributed by atoms with E-state index in [2.05, 4.69) is 10.3 Å². The Hall–Kier alpha value is -3.60. The van der Waals surface area contributed by atoms with E-state index in [9.17, 15) is 25.0 Å². The van der Waals surface area contributed by atoms with Crippen LogP contribution in [-0.4, -0.2) is 20.7 Å². The second-order valence-corrected chi connectivity index (χ2v) is 5.69. The number of nitrogens with one attached hydrogen (secondary N) is 1. The normalized spacial score (nSPS) is 10.4. The summed E-state index contributed by atoms with van der Waals surface area (Å²) in [6.07, 6.45) is 1.05. The second kappa shape index (κ2) is 6.49. The molecule has 3 aromatic rings. The Morgan fingerprint density at radius 3 is 2.40 bits per heavy atom. The van der Waals surface area contributed by atoms with Crippen molar-refractivity contribution in [1.82, 2.24) is 4.98 Å². The summed E-state index contributed by atoms with van der Waals surface area (Å²) in [6.45, 7) is 0. The zero-order valence-electron chi connectivity index (χ0n) is 12.2. The van der Waals surface area contributed by atoms with E-state index in [-0.39, 0.29) is 21.6 Å². The van der Waals surface area contributed by atoms with Gasteiger partial charge < -0.3 is 4.42 Å². The molecular weight excluding hydrogens is 352 g/mol. The summed E-state index contributed by atoms with van der Waals surface area (Å²) >= 11 is 0.724. The molecule has 0 atom stereocenters. The number of nitrogens with zero attached hydrogens (tertiary/aromatic N) is 3. The Labute approximate surface area is 143 Å². The van der Waals surface area contributed by atoms with Crippen molar-refractivity contribution in [1.29, 1.82) is 0 Å². The fourth-order valence-electron chi connectivity index (χ4n) is 1.93. The fraction of sp³-hybridized carbons (Fsp3) is 0. The van der Waals surface area contributed by atoms with E-state index in [1.807, 2.05) is 0 Å². The van der Waals surface area contributed by atoms with Crippen molar-refractivity contribution >= 4 is 33.1 Å². The number of non-ortho nitro benzene ring substituents is 1. The molecule has 25 heavy (non-hydrogen) atoms. The Morgan fingerprint density at radius 1 is 1.08 bits per heavy atom. The molecule has 10 nitrogen and oxygen atoms in total. The molecule has 0 aliphatic rings. The number of rotatable bonds is 5. The molecule has 0 fully saturated rings. The van der Waals surface area contributed by atoms with E-state index in [0.29, 0.717) is 11.3 Å². The molecule has 1 N–H and O–H groups in total. The second-order valence-electron chi connectivity index (χ2n) is 4.68. The van der Waals surface area contributed by atoms with E-state index in [1.165, 1.54) is 30.3 Å². The van der Waals surface area contributed by atoms with Crippen molar-refractivity contribution in [2.45, 2.75) is 0 Å². The van der Waals surface area contributed by atoms with Gasteiger partial charge in [0.25, 0.3) is 11.6 Å². The van der Waals surface area contributed by atoms with Crippen LogP contribution in [0.25, 0.3) is 11.3 Å². The SMILES string of the molecule is O=C(Nc1ncc([N+](=O)[O-])s1)c1ccc(-c2ccc([N+](=O)[O-])cc2)o1. The van der Waals surface area contributed by atoms with Crippen LogP contribution in [0.3, 0.4) is 0 Å².